The Kier molecular flexibility index (Phi) is 3.21. The van der Waals surface area contributed by atoms with Crippen LogP contribution in [0.5, 0.6) is 5.75 Å². The van der Waals surface area contributed by atoms with Crippen molar-refractivity contribution in [1.82, 2.24) is 0 Å². The molecule has 0 heterocycles. The fraction of sp³-hybridized carbons (Fsp3) is 0.500. The van der Waals surface area contributed by atoms with Gasteiger partial charge >= 0.3 is 0 Å². The van der Waals surface area contributed by atoms with Gasteiger partial charge in [-0.2, -0.15) is 0 Å². The van der Waals surface area contributed by atoms with E-state index in [1.165, 1.54) is 12.1 Å². The van der Waals surface area contributed by atoms with E-state index in [0.717, 1.165) is 31.4 Å². The van der Waals surface area contributed by atoms with E-state index >= 15 is 0 Å². The van der Waals surface area contributed by atoms with Crippen LogP contribution in [0.3, 0.4) is 0 Å². The highest BCUT2D eigenvalue weighted by Gasteiger charge is 2.19. The molecule has 0 radical (unpaired) electrons. The van der Waals surface area contributed by atoms with Gasteiger partial charge in [0, 0.05) is 6.04 Å². The molecule has 0 atom stereocenters. The van der Waals surface area contributed by atoms with Crippen molar-refractivity contribution in [2.24, 2.45) is 5.73 Å². The van der Waals surface area contributed by atoms with Gasteiger partial charge in [-0.25, -0.2) is 4.39 Å². The van der Waals surface area contributed by atoms with E-state index in [1.54, 1.807) is 12.1 Å². The Morgan fingerprint density at radius 3 is 2.27 bits per heavy atom. The summed E-state index contributed by atoms with van der Waals surface area (Å²) in [5, 5.41) is 0. The molecule has 0 aliphatic heterocycles. The van der Waals surface area contributed by atoms with Crippen molar-refractivity contribution < 1.29 is 9.13 Å². The number of ether oxygens (including phenoxy) is 1. The molecule has 0 unspecified atom stereocenters. The number of hydrogen-bond donors (Lipinski definition) is 1. The van der Waals surface area contributed by atoms with Gasteiger partial charge in [-0.3, -0.25) is 0 Å². The third-order valence-corrected chi connectivity index (χ3v) is 2.84. The summed E-state index contributed by atoms with van der Waals surface area (Å²) in [6, 6.07) is 6.51. The minimum absolute atomic E-state index is 0.229. The average Bonchev–Trinajstić information content (AvgIpc) is 2.25. The molecule has 0 saturated heterocycles. The van der Waals surface area contributed by atoms with Crippen LogP contribution in [0, 0.1) is 5.82 Å². The maximum Gasteiger partial charge on any atom is 0.123 e. The van der Waals surface area contributed by atoms with Crippen LogP contribution in [0.1, 0.15) is 25.7 Å². The smallest absolute Gasteiger partial charge is 0.123 e. The first-order valence-corrected chi connectivity index (χ1v) is 5.42. The third kappa shape index (κ3) is 2.93. The van der Waals surface area contributed by atoms with Crippen molar-refractivity contribution in [1.29, 1.82) is 0 Å². The molecule has 1 aliphatic carbocycles. The zero-order valence-electron chi connectivity index (χ0n) is 8.66. The van der Waals surface area contributed by atoms with E-state index in [1.807, 2.05) is 0 Å². The predicted molar refractivity (Wildman–Crippen MR) is 57.3 cm³/mol. The first-order chi connectivity index (χ1) is 7.24. The quantitative estimate of drug-likeness (QED) is 0.812. The van der Waals surface area contributed by atoms with Gasteiger partial charge in [-0.05, 0) is 49.9 Å². The Bertz CT molecular complexity index is 304. The van der Waals surface area contributed by atoms with Crippen LogP contribution in [0.2, 0.25) is 0 Å². The lowest BCUT2D eigenvalue weighted by molar-refractivity contribution is 0.147. The van der Waals surface area contributed by atoms with Crippen LogP contribution >= 0.6 is 0 Å². The predicted octanol–water partition coefficient (Wildman–Crippen LogP) is 2.47. The molecule has 1 fully saturated rings. The van der Waals surface area contributed by atoms with Gasteiger partial charge in [0.25, 0.3) is 0 Å². The van der Waals surface area contributed by atoms with Crippen LogP contribution in [-0.4, -0.2) is 12.1 Å². The van der Waals surface area contributed by atoms with Gasteiger partial charge in [-0.1, -0.05) is 0 Å². The Labute approximate surface area is 89.2 Å². The highest BCUT2D eigenvalue weighted by atomic mass is 19.1. The first-order valence-electron chi connectivity index (χ1n) is 5.42. The number of benzene rings is 1. The Morgan fingerprint density at radius 1 is 1.07 bits per heavy atom. The van der Waals surface area contributed by atoms with E-state index < -0.39 is 0 Å². The molecule has 0 spiro atoms. The minimum atomic E-state index is -0.229. The van der Waals surface area contributed by atoms with Crippen molar-refractivity contribution >= 4 is 0 Å². The largest absolute Gasteiger partial charge is 0.490 e. The maximum atomic E-state index is 12.6. The summed E-state index contributed by atoms with van der Waals surface area (Å²) < 4.78 is 18.4. The van der Waals surface area contributed by atoms with Crippen molar-refractivity contribution in [2.75, 3.05) is 0 Å². The molecule has 2 rings (SSSR count). The topological polar surface area (TPSA) is 35.2 Å². The number of rotatable bonds is 2. The summed E-state index contributed by atoms with van der Waals surface area (Å²) in [5.74, 6) is 0.518. The fourth-order valence-electron chi connectivity index (χ4n) is 1.91. The maximum absolute atomic E-state index is 12.6. The molecule has 82 valence electrons. The van der Waals surface area contributed by atoms with Crippen molar-refractivity contribution in [3.63, 3.8) is 0 Å². The SMILES string of the molecule is NC1CCC(Oc2ccc(F)cc2)CC1. The summed E-state index contributed by atoms with van der Waals surface area (Å²) >= 11 is 0. The van der Waals surface area contributed by atoms with E-state index in [2.05, 4.69) is 0 Å². The molecule has 3 heteroatoms. The van der Waals surface area contributed by atoms with Gasteiger partial charge in [0.15, 0.2) is 0 Å². The van der Waals surface area contributed by atoms with Crippen LogP contribution in [0.25, 0.3) is 0 Å². The summed E-state index contributed by atoms with van der Waals surface area (Å²) in [6.45, 7) is 0. The second-order valence-electron chi connectivity index (χ2n) is 4.11. The Morgan fingerprint density at radius 2 is 1.67 bits per heavy atom. The molecule has 0 bridgehead atoms. The van der Waals surface area contributed by atoms with Gasteiger partial charge < -0.3 is 10.5 Å². The number of nitrogens with two attached hydrogens (primary N) is 1. The zero-order valence-corrected chi connectivity index (χ0v) is 8.66. The van der Waals surface area contributed by atoms with Crippen LogP contribution in [0.4, 0.5) is 4.39 Å². The van der Waals surface area contributed by atoms with Gasteiger partial charge in [0.1, 0.15) is 11.6 Å². The molecular weight excluding hydrogens is 193 g/mol. The minimum Gasteiger partial charge on any atom is -0.490 e. The monoisotopic (exact) mass is 209 g/mol. The van der Waals surface area contributed by atoms with Crippen molar-refractivity contribution in [3.8, 4) is 5.75 Å². The number of hydrogen-bond acceptors (Lipinski definition) is 2. The molecule has 2 nitrogen and oxygen atoms in total. The summed E-state index contributed by atoms with van der Waals surface area (Å²) in [4.78, 5) is 0. The average molecular weight is 209 g/mol. The zero-order chi connectivity index (χ0) is 10.7. The fourth-order valence-corrected chi connectivity index (χ4v) is 1.91. The summed E-state index contributed by atoms with van der Waals surface area (Å²) in [6.07, 6.45) is 4.28. The molecule has 2 N–H and O–H groups in total. The Balaban J connectivity index is 1.89. The molecule has 0 aromatic heterocycles. The van der Waals surface area contributed by atoms with E-state index in [0.29, 0.717) is 6.04 Å². The Hall–Kier alpha value is -1.09. The van der Waals surface area contributed by atoms with Crippen LogP contribution < -0.4 is 10.5 Å². The molecular formula is C12H16FNO. The molecule has 1 aromatic carbocycles. The number of halogens is 1. The lowest BCUT2D eigenvalue weighted by atomic mass is 9.94. The summed E-state index contributed by atoms with van der Waals surface area (Å²) in [5.41, 5.74) is 5.81. The first kappa shape index (κ1) is 10.4. The molecule has 1 aliphatic rings. The highest BCUT2D eigenvalue weighted by Crippen LogP contribution is 2.22. The van der Waals surface area contributed by atoms with Crippen LogP contribution in [0.15, 0.2) is 24.3 Å². The van der Waals surface area contributed by atoms with Crippen molar-refractivity contribution in [2.45, 2.75) is 37.8 Å². The normalized spacial score (nSPS) is 26.3. The highest BCUT2D eigenvalue weighted by molar-refractivity contribution is 5.22. The second-order valence-corrected chi connectivity index (χ2v) is 4.11. The van der Waals surface area contributed by atoms with E-state index in [4.69, 9.17) is 10.5 Å². The third-order valence-electron chi connectivity index (χ3n) is 2.84. The van der Waals surface area contributed by atoms with E-state index in [-0.39, 0.29) is 11.9 Å². The van der Waals surface area contributed by atoms with Gasteiger partial charge in [0.05, 0.1) is 6.10 Å². The van der Waals surface area contributed by atoms with Gasteiger partial charge in [-0.15, -0.1) is 0 Å². The van der Waals surface area contributed by atoms with Gasteiger partial charge in [0.2, 0.25) is 0 Å². The van der Waals surface area contributed by atoms with Crippen molar-refractivity contribution in [3.05, 3.63) is 30.1 Å². The second kappa shape index (κ2) is 4.62. The molecule has 0 amide bonds. The van der Waals surface area contributed by atoms with E-state index in [9.17, 15) is 4.39 Å². The van der Waals surface area contributed by atoms with Crippen LogP contribution in [-0.2, 0) is 0 Å². The molecule has 1 aromatic rings. The lowest BCUT2D eigenvalue weighted by Crippen LogP contribution is -2.31. The molecule has 15 heavy (non-hydrogen) atoms. The standard InChI is InChI=1S/C12H16FNO/c13-9-1-5-11(6-2-9)15-12-7-3-10(14)4-8-12/h1-2,5-6,10,12H,3-4,7-8,14H2. The molecule has 1 saturated carbocycles. The summed E-state index contributed by atoms with van der Waals surface area (Å²) in [7, 11) is 0. The lowest BCUT2D eigenvalue weighted by Gasteiger charge is -2.26.